The van der Waals surface area contributed by atoms with Crippen LogP contribution >= 0.6 is 0 Å². The average molecular weight is 289 g/mol. The number of carbonyl (C=O) groups is 1. The predicted molar refractivity (Wildman–Crippen MR) is 83.9 cm³/mol. The van der Waals surface area contributed by atoms with Crippen LogP contribution in [0, 0.1) is 5.92 Å². The first-order valence-electron chi connectivity index (χ1n) is 8.38. The van der Waals surface area contributed by atoms with Gasteiger partial charge in [-0.1, -0.05) is 12.8 Å². The normalized spacial score (nSPS) is 21.8. The molecule has 3 rings (SSSR count). The van der Waals surface area contributed by atoms with Gasteiger partial charge in [0.2, 0.25) is 5.91 Å². The van der Waals surface area contributed by atoms with Gasteiger partial charge in [0.1, 0.15) is 0 Å². The van der Waals surface area contributed by atoms with Crippen molar-refractivity contribution in [3.05, 3.63) is 24.0 Å². The Morgan fingerprint density at radius 1 is 1.29 bits per heavy atom. The van der Waals surface area contributed by atoms with Crippen LogP contribution in [0.3, 0.4) is 0 Å². The monoisotopic (exact) mass is 289 g/mol. The van der Waals surface area contributed by atoms with Gasteiger partial charge in [0.05, 0.1) is 6.04 Å². The first-order valence-corrected chi connectivity index (χ1v) is 8.38. The number of aromatic nitrogens is 1. The number of rotatable bonds is 5. The number of nitrogens with one attached hydrogen (secondary N) is 1. The molecule has 4 heteroatoms. The van der Waals surface area contributed by atoms with E-state index in [4.69, 9.17) is 0 Å². The molecule has 1 aliphatic carbocycles. The minimum Gasteiger partial charge on any atom is -0.354 e. The van der Waals surface area contributed by atoms with E-state index in [1.54, 1.807) is 0 Å². The maximum atomic E-state index is 12.0. The molecule has 0 spiro atoms. The molecular formula is C17H27N3O. The molecule has 1 aromatic rings. The molecule has 0 radical (unpaired) electrons. The predicted octanol–water partition coefficient (Wildman–Crippen LogP) is 2.47. The smallest absolute Gasteiger partial charge is 0.223 e. The molecule has 2 fully saturated rings. The van der Waals surface area contributed by atoms with Crippen molar-refractivity contribution in [2.24, 2.45) is 13.0 Å². The summed E-state index contributed by atoms with van der Waals surface area (Å²) >= 11 is 0. The van der Waals surface area contributed by atoms with Crippen molar-refractivity contribution in [1.29, 1.82) is 0 Å². The fourth-order valence-electron chi connectivity index (χ4n) is 3.34. The third kappa shape index (κ3) is 3.67. The topological polar surface area (TPSA) is 37.3 Å². The van der Waals surface area contributed by atoms with E-state index < -0.39 is 0 Å². The summed E-state index contributed by atoms with van der Waals surface area (Å²) < 4.78 is 2.19. The first-order chi connectivity index (χ1) is 10.3. The molecule has 1 unspecified atom stereocenters. The summed E-state index contributed by atoms with van der Waals surface area (Å²) in [4.78, 5) is 14.5. The number of aryl methyl sites for hydroxylation is 1. The number of hydrogen-bond donors (Lipinski definition) is 1. The average Bonchev–Trinajstić information content (AvgIpc) is 3.28. The molecule has 1 amide bonds. The standard InChI is InChI=1S/C17H27N3O/c1-19-10-6-7-15(19)16(13-18-17(21)14-8-9-14)20-11-4-2-3-5-12-20/h6-7,10,14,16H,2-5,8-9,11-13H2,1H3,(H,18,21). The maximum absolute atomic E-state index is 12.0. The summed E-state index contributed by atoms with van der Waals surface area (Å²) in [5.74, 6) is 0.548. The van der Waals surface area contributed by atoms with Crippen molar-refractivity contribution in [3.63, 3.8) is 0 Å². The zero-order valence-corrected chi connectivity index (χ0v) is 13.1. The fourth-order valence-corrected chi connectivity index (χ4v) is 3.34. The van der Waals surface area contributed by atoms with Crippen LogP contribution in [0.4, 0.5) is 0 Å². The highest BCUT2D eigenvalue weighted by Crippen LogP contribution is 2.29. The van der Waals surface area contributed by atoms with Gasteiger partial charge in [0, 0.05) is 31.4 Å². The summed E-state index contributed by atoms with van der Waals surface area (Å²) in [5.41, 5.74) is 1.31. The Hall–Kier alpha value is -1.29. The minimum atomic E-state index is 0.254. The quantitative estimate of drug-likeness (QED) is 0.904. The second-order valence-corrected chi connectivity index (χ2v) is 6.53. The van der Waals surface area contributed by atoms with E-state index in [1.165, 1.54) is 31.4 Å². The zero-order chi connectivity index (χ0) is 14.7. The highest BCUT2D eigenvalue weighted by Gasteiger charge is 2.31. The molecule has 1 N–H and O–H groups in total. The molecule has 0 aromatic carbocycles. The van der Waals surface area contributed by atoms with Crippen LogP contribution in [0.2, 0.25) is 0 Å². The SMILES string of the molecule is Cn1cccc1C(CNC(=O)C1CC1)N1CCCCCC1. The van der Waals surface area contributed by atoms with Gasteiger partial charge >= 0.3 is 0 Å². The lowest BCUT2D eigenvalue weighted by molar-refractivity contribution is -0.122. The zero-order valence-electron chi connectivity index (χ0n) is 13.1. The summed E-state index contributed by atoms with van der Waals surface area (Å²) in [6, 6.07) is 4.60. The summed E-state index contributed by atoms with van der Waals surface area (Å²) in [5, 5.41) is 3.18. The van der Waals surface area contributed by atoms with Gasteiger partial charge in [-0.3, -0.25) is 9.69 Å². The van der Waals surface area contributed by atoms with E-state index in [9.17, 15) is 4.79 Å². The number of hydrogen-bond acceptors (Lipinski definition) is 2. The molecular weight excluding hydrogens is 262 g/mol. The molecule has 116 valence electrons. The van der Waals surface area contributed by atoms with Crippen LogP contribution in [0.1, 0.15) is 50.3 Å². The fraction of sp³-hybridized carbons (Fsp3) is 0.706. The third-order valence-corrected chi connectivity index (χ3v) is 4.82. The molecule has 2 heterocycles. The Kier molecular flexibility index (Phi) is 4.63. The lowest BCUT2D eigenvalue weighted by Gasteiger charge is -2.31. The number of nitrogens with zero attached hydrogens (tertiary/aromatic N) is 2. The third-order valence-electron chi connectivity index (χ3n) is 4.82. The summed E-state index contributed by atoms with van der Waals surface area (Å²) in [6.45, 7) is 3.04. The van der Waals surface area contributed by atoms with Gasteiger partial charge in [-0.2, -0.15) is 0 Å². The van der Waals surface area contributed by atoms with Gasteiger partial charge in [-0.15, -0.1) is 0 Å². The molecule has 1 aromatic heterocycles. The molecule has 1 saturated carbocycles. The molecule has 0 bridgehead atoms. The number of amides is 1. The van der Waals surface area contributed by atoms with Crippen LogP contribution in [-0.4, -0.2) is 35.0 Å². The molecule has 1 aliphatic heterocycles. The largest absolute Gasteiger partial charge is 0.354 e. The van der Waals surface area contributed by atoms with Gasteiger partial charge in [-0.25, -0.2) is 0 Å². The van der Waals surface area contributed by atoms with Gasteiger partial charge in [0.15, 0.2) is 0 Å². The second kappa shape index (κ2) is 6.65. The van der Waals surface area contributed by atoms with Gasteiger partial charge in [0.25, 0.3) is 0 Å². The van der Waals surface area contributed by atoms with Gasteiger partial charge < -0.3 is 9.88 Å². The Morgan fingerprint density at radius 3 is 2.57 bits per heavy atom. The Labute approximate surface area is 127 Å². The molecule has 2 aliphatic rings. The van der Waals surface area contributed by atoms with Crippen LogP contribution in [0.15, 0.2) is 18.3 Å². The Balaban J connectivity index is 1.70. The number of likely N-dealkylation sites (tertiary alicyclic amines) is 1. The van der Waals surface area contributed by atoms with E-state index >= 15 is 0 Å². The highest BCUT2D eigenvalue weighted by molar-refractivity contribution is 5.80. The van der Waals surface area contributed by atoms with Crippen molar-refractivity contribution in [3.8, 4) is 0 Å². The Morgan fingerprint density at radius 2 is 2.00 bits per heavy atom. The van der Waals surface area contributed by atoms with E-state index in [-0.39, 0.29) is 5.91 Å². The van der Waals surface area contributed by atoms with E-state index in [1.807, 2.05) is 0 Å². The molecule has 4 nitrogen and oxygen atoms in total. The van der Waals surface area contributed by atoms with Crippen LogP contribution in [0.5, 0.6) is 0 Å². The van der Waals surface area contributed by atoms with E-state index in [2.05, 4.69) is 40.2 Å². The van der Waals surface area contributed by atoms with Crippen molar-refractivity contribution in [2.75, 3.05) is 19.6 Å². The minimum absolute atomic E-state index is 0.254. The van der Waals surface area contributed by atoms with E-state index in [0.29, 0.717) is 12.0 Å². The van der Waals surface area contributed by atoms with Crippen LogP contribution in [0.25, 0.3) is 0 Å². The Bertz CT molecular complexity index is 470. The molecule has 1 saturated heterocycles. The molecule has 1 atom stereocenters. The number of carbonyl (C=O) groups excluding carboxylic acids is 1. The van der Waals surface area contributed by atoms with Crippen molar-refractivity contribution >= 4 is 5.91 Å². The van der Waals surface area contributed by atoms with Gasteiger partial charge in [-0.05, 0) is 50.9 Å². The lowest BCUT2D eigenvalue weighted by Crippen LogP contribution is -2.39. The van der Waals surface area contributed by atoms with Crippen LogP contribution in [-0.2, 0) is 11.8 Å². The van der Waals surface area contributed by atoms with Crippen molar-refractivity contribution < 1.29 is 4.79 Å². The summed E-state index contributed by atoms with van der Waals surface area (Å²) in [6.07, 6.45) is 9.47. The van der Waals surface area contributed by atoms with Crippen molar-refractivity contribution in [1.82, 2.24) is 14.8 Å². The van der Waals surface area contributed by atoms with Crippen molar-refractivity contribution in [2.45, 2.75) is 44.6 Å². The molecule has 21 heavy (non-hydrogen) atoms. The van der Waals surface area contributed by atoms with E-state index in [0.717, 1.165) is 32.5 Å². The van der Waals surface area contributed by atoms with Crippen LogP contribution < -0.4 is 5.32 Å². The lowest BCUT2D eigenvalue weighted by atomic mass is 10.1. The first kappa shape index (κ1) is 14.6. The second-order valence-electron chi connectivity index (χ2n) is 6.53. The highest BCUT2D eigenvalue weighted by atomic mass is 16.2. The maximum Gasteiger partial charge on any atom is 0.223 e. The summed E-state index contributed by atoms with van der Waals surface area (Å²) in [7, 11) is 2.10.